The van der Waals surface area contributed by atoms with Gasteiger partial charge in [0.05, 0.1) is 4.90 Å². The molecule has 0 atom stereocenters. The summed E-state index contributed by atoms with van der Waals surface area (Å²) in [5, 5.41) is 9.05. The van der Waals surface area contributed by atoms with Gasteiger partial charge in [0.1, 0.15) is 6.54 Å². The summed E-state index contributed by atoms with van der Waals surface area (Å²) in [5.74, 6) is -1.48. The van der Waals surface area contributed by atoms with E-state index in [1.54, 1.807) is 0 Å². The predicted octanol–water partition coefficient (Wildman–Crippen LogP) is 2.04. The van der Waals surface area contributed by atoms with Crippen molar-refractivity contribution in [2.45, 2.75) is 38.0 Å². The molecule has 8 heteroatoms. The van der Waals surface area contributed by atoms with Gasteiger partial charge < -0.3 is 10.0 Å². The smallest absolute Gasteiger partial charge is 0.323 e. The number of carbonyl (C=O) groups is 2. The average Bonchev–Trinajstić information content (AvgIpc) is 2.60. The third-order valence-electron chi connectivity index (χ3n) is 4.23. The van der Waals surface area contributed by atoms with Crippen LogP contribution in [0, 0.1) is 5.92 Å². The molecule has 1 N–H and O–H groups in total. The summed E-state index contributed by atoms with van der Waals surface area (Å²) in [6, 6.07) is 5.87. The van der Waals surface area contributed by atoms with E-state index >= 15 is 0 Å². The largest absolute Gasteiger partial charge is 0.480 e. The van der Waals surface area contributed by atoms with Gasteiger partial charge in [-0.1, -0.05) is 26.3 Å². The Morgan fingerprint density at radius 3 is 2.42 bits per heavy atom. The number of nitrogens with zero attached hydrogens (tertiary/aromatic N) is 2. The third-order valence-corrected chi connectivity index (χ3v) is 6.13. The lowest BCUT2D eigenvalue weighted by atomic mass is 10.1. The molecule has 1 aromatic carbocycles. The molecule has 1 saturated heterocycles. The van der Waals surface area contributed by atoms with Crippen LogP contribution in [0.15, 0.2) is 29.2 Å². The summed E-state index contributed by atoms with van der Waals surface area (Å²) in [6.45, 7) is 4.62. The van der Waals surface area contributed by atoms with Crippen molar-refractivity contribution in [2.24, 2.45) is 5.92 Å². The lowest BCUT2D eigenvalue weighted by Gasteiger charge is -2.26. The minimum atomic E-state index is -3.64. The van der Waals surface area contributed by atoms with E-state index in [2.05, 4.69) is 0 Å². The Kier molecular flexibility index (Phi) is 6.77. The molecule has 26 heavy (non-hydrogen) atoms. The number of piperidine rings is 1. The van der Waals surface area contributed by atoms with Crippen LogP contribution in [0.2, 0.25) is 0 Å². The fourth-order valence-electron chi connectivity index (χ4n) is 3.05. The zero-order valence-corrected chi connectivity index (χ0v) is 16.0. The van der Waals surface area contributed by atoms with Crippen LogP contribution in [-0.4, -0.2) is 60.8 Å². The van der Waals surface area contributed by atoms with E-state index in [9.17, 15) is 18.0 Å². The lowest BCUT2D eigenvalue weighted by molar-refractivity contribution is -0.137. The van der Waals surface area contributed by atoms with E-state index in [4.69, 9.17) is 5.11 Å². The van der Waals surface area contributed by atoms with Crippen LogP contribution >= 0.6 is 0 Å². The monoisotopic (exact) mass is 382 g/mol. The number of carbonyl (C=O) groups excluding carboxylic acids is 1. The molecule has 1 fully saturated rings. The Morgan fingerprint density at radius 2 is 1.85 bits per heavy atom. The Bertz CT molecular complexity index is 755. The number of carboxylic acids is 1. The molecular formula is C18H26N2O5S. The quantitative estimate of drug-likeness (QED) is 0.779. The van der Waals surface area contributed by atoms with Crippen LogP contribution in [0.4, 0.5) is 0 Å². The summed E-state index contributed by atoms with van der Waals surface area (Å²) < 4.78 is 27.0. The lowest BCUT2D eigenvalue weighted by Crippen LogP contribution is -2.38. The normalized spacial score (nSPS) is 15.8. The average molecular weight is 382 g/mol. The van der Waals surface area contributed by atoms with Gasteiger partial charge in [0.2, 0.25) is 10.0 Å². The highest BCUT2D eigenvalue weighted by Crippen LogP contribution is 2.22. The molecule has 0 aliphatic carbocycles. The highest BCUT2D eigenvalue weighted by Gasteiger charge is 2.27. The van der Waals surface area contributed by atoms with Crippen LogP contribution in [0.5, 0.6) is 0 Å². The van der Waals surface area contributed by atoms with Crippen LogP contribution in [0.3, 0.4) is 0 Å². The molecule has 0 spiro atoms. The summed E-state index contributed by atoms with van der Waals surface area (Å²) in [4.78, 5) is 25.1. The Labute approximate surface area is 154 Å². The van der Waals surface area contributed by atoms with Crippen LogP contribution in [0.1, 0.15) is 43.5 Å². The van der Waals surface area contributed by atoms with Crippen LogP contribution in [-0.2, 0) is 14.8 Å². The van der Waals surface area contributed by atoms with Gasteiger partial charge in [-0.3, -0.25) is 9.59 Å². The van der Waals surface area contributed by atoms with E-state index in [1.807, 2.05) is 13.8 Å². The molecule has 0 aromatic heterocycles. The van der Waals surface area contributed by atoms with Crippen molar-refractivity contribution in [3.63, 3.8) is 0 Å². The minimum absolute atomic E-state index is 0.0741. The van der Waals surface area contributed by atoms with E-state index in [0.29, 0.717) is 13.1 Å². The maximum absolute atomic E-state index is 12.8. The zero-order valence-electron chi connectivity index (χ0n) is 15.2. The second kappa shape index (κ2) is 8.64. The van der Waals surface area contributed by atoms with E-state index in [0.717, 1.165) is 19.3 Å². The molecule has 0 saturated carbocycles. The Hall–Kier alpha value is -1.93. The second-order valence-electron chi connectivity index (χ2n) is 6.97. The van der Waals surface area contributed by atoms with Crippen molar-refractivity contribution in [3.8, 4) is 0 Å². The summed E-state index contributed by atoms with van der Waals surface area (Å²) >= 11 is 0. The van der Waals surface area contributed by atoms with Crippen molar-refractivity contribution in [1.82, 2.24) is 9.21 Å². The molecule has 2 rings (SSSR count). The van der Waals surface area contributed by atoms with Crippen LogP contribution < -0.4 is 0 Å². The molecule has 0 unspecified atom stereocenters. The molecule has 1 aliphatic heterocycles. The van der Waals surface area contributed by atoms with Crippen molar-refractivity contribution < 1.29 is 23.1 Å². The number of carboxylic acid groups (broad SMARTS) is 1. The van der Waals surface area contributed by atoms with E-state index in [1.165, 1.54) is 33.5 Å². The molecule has 1 amide bonds. The fraction of sp³-hybridized carbons (Fsp3) is 0.556. The van der Waals surface area contributed by atoms with Crippen molar-refractivity contribution in [2.75, 3.05) is 26.2 Å². The number of amides is 1. The number of sulfonamides is 1. The number of benzene rings is 1. The third kappa shape index (κ3) is 5.04. The van der Waals surface area contributed by atoms with Gasteiger partial charge in [-0.15, -0.1) is 0 Å². The van der Waals surface area contributed by atoms with Gasteiger partial charge in [-0.2, -0.15) is 4.31 Å². The van der Waals surface area contributed by atoms with Crippen LogP contribution in [0.25, 0.3) is 0 Å². The van der Waals surface area contributed by atoms with Gasteiger partial charge in [0.15, 0.2) is 0 Å². The SMILES string of the molecule is CC(C)CN(CC(=O)O)C(=O)c1cccc(S(=O)(=O)N2CCCCC2)c1. The number of hydrogen-bond donors (Lipinski definition) is 1. The molecule has 0 radical (unpaired) electrons. The first-order valence-electron chi connectivity index (χ1n) is 8.83. The van der Waals surface area contributed by atoms with Gasteiger partial charge in [-0.25, -0.2) is 8.42 Å². The maximum Gasteiger partial charge on any atom is 0.323 e. The predicted molar refractivity (Wildman–Crippen MR) is 97.4 cm³/mol. The molecule has 144 valence electrons. The number of hydrogen-bond acceptors (Lipinski definition) is 4. The second-order valence-corrected chi connectivity index (χ2v) is 8.90. The summed E-state index contributed by atoms with van der Waals surface area (Å²) in [5.41, 5.74) is 0.185. The molecule has 7 nitrogen and oxygen atoms in total. The van der Waals surface area contributed by atoms with Crippen molar-refractivity contribution >= 4 is 21.9 Å². The molecule has 0 bridgehead atoms. The highest BCUT2D eigenvalue weighted by atomic mass is 32.2. The molecule has 1 aliphatic rings. The van der Waals surface area contributed by atoms with Crippen molar-refractivity contribution in [3.05, 3.63) is 29.8 Å². The van der Waals surface area contributed by atoms with Gasteiger partial charge in [0.25, 0.3) is 5.91 Å². The van der Waals surface area contributed by atoms with E-state index < -0.39 is 28.4 Å². The topological polar surface area (TPSA) is 95.0 Å². The number of aliphatic carboxylic acids is 1. The standard InChI is InChI=1S/C18H26N2O5S/c1-14(2)12-19(13-17(21)22)18(23)15-7-6-8-16(11-15)26(24,25)20-9-4-3-5-10-20/h6-8,11,14H,3-5,9-10,12-13H2,1-2H3,(H,21,22). The highest BCUT2D eigenvalue weighted by molar-refractivity contribution is 7.89. The Morgan fingerprint density at radius 1 is 1.19 bits per heavy atom. The molecular weight excluding hydrogens is 356 g/mol. The Balaban J connectivity index is 2.28. The first-order chi connectivity index (χ1) is 12.2. The maximum atomic E-state index is 12.8. The van der Waals surface area contributed by atoms with Gasteiger partial charge in [0, 0.05) is 25.2 Å². The van der Waals surface area contributed by atoms with Gasteiger partial charge >= 0.3 is 5.97 Å². The molecule has 1 aromatic rings. The van der Waals surface area contributed by atoms with Gasteiger partial charge in [-0.05, 0) is 37.0 Å². The minimum Gasteiger partial charge on any atom is -0.480 e. The van der Waals surface area contributed by atoms with Crippen molar-refractivity contribution in [1.29, 1.82) is 0 Å². The molecule has 1 heterocycles. The van der Waals surface area contributed by atoms with E-state index in [-0.39, 0.29) is 22.9 Å². The summed E-state index contributed by atoms with van der Waals surface area (Å²) in [6.07, 6.45) is 2.68. The number of rotatable bonds is 7. The zero-order chi connectivity index (χ0) is 19.3. The summed E-state index contributed by atoms with van der Waals surface area (Å²) in [7, 11) is -3.64. The fourth-order valence-corrected chi connectivity index (χ4v) is 4.61. The first-order valence-corrected chi connectivity index (χ1v) is 10.3. The first kappa shape index (κ1) is 20.4.